The van der Waals surface area contributed by atoms with Crippen molar-refractivity contribution < 1.29 is 14.3 Å². The molecule has 8 nitrogen and oxygen atoms in total. The monoisotopic (exact) mass is 473 g/mol. The minimum atomic E-state index is -0.986. The Balaban J connectivity index is 1.96. The van der Waals surface area contributed by atoms with Gasteiger partial charge in [-0.1, -0.05) is 32.0 Å². The summed E-state index contributed by atoms with van der Waals surface area (Å²) in [7, 11) is 0. The smallest absolute Gasteiger partial charge is 0.335 e. The van der Waals surface area contributed by atoms with Crippen molar-refractivity contribution in [2.75, 3.05) is 16.8 Å². The van der Waals surface area contributed by atoms with E-state index in [9.17, 15) is 14.9 Å². The standard InChI is InChI=1S/C27H31N5O3/c1-18(2)20-9-11-21(12-10-20)31-24(33)16-32(22-8-6-7-19(13-22)14-28)25(23-15-29-17-30-23)26(34)35-27(3,4)5/h6-13,15,17-18,25H,16H2,1-5H3,(H,29,30)(H,31,33). The summed E-state index contributed by atoms with van der Waals surface area (Å²) in [4.78, 5) is 35.2. The third kappa shape index (κ3) is 6.93. The van der Waals surface area contributed by atoms with Crippen LogP contribution in [0.1, 0.15) is 63.4 Å². The average Bonchev–Trinajstić information content (AvgIpc) is 3.32. The highest BCUT2D eigenvalue weighted by atomic mass is 16.6. The molecule has 1 aromatic heterocycles. The summed E-state index contributed by atoms with van der Waals surface area (Å²) in [5.41, 5.74) is 2.48. The molecule has 3 rings (SSSR count). The third-order valence-electron chi connectivity index (χ3n) is 5.24. The van der Waals surface area contributed by atoms with Crippen LogP contribution < -0.4 is 10.2 Å². The molecular weight excluding hydrogens is 442 g/mol. The number of ether oxygens (including phenoxy) is 1. The number of rotatable bonds is 8. The van der Waals surface area contributed by atoms with Crippen LogP contribution in [-0.4, -0.2) is 34.0 Å². The molecule has 8 heteroatoms. The van der Waals surface area contributed by atoms with Crippen molar-refractivity contribution in [3.63, 3.8) is 0 Å². The Bertz CT molecular complexity index is 1190. The van der Waals surface area contributed by atoms with Crippen LogP contribution in [0.5, 0.6) is 0 Å². The number of imidazole rings is 1. The number of H-pyrrole nitrogens is 1. The fraction of sp³-hybridized carbons (Fsp3) is 0.333. The summed E-state index contributed by atoms with van der Waals surface area (Å²) in [6, 6.07) is 15.5. The topological polar surface area (TPSA) is 111 Å². The maximum Gasteiger partial charge on any atom is 0.335 e. The van der Waals surface area contributed by atoms with Gasteiger partial charge in [-0.3, -0.25) is 4.79 Å². The van der Waals surface area contributed by atoms with Crippen molar-refractivity contribution in [3.05, 3.63) is 77.9 Å². The van der Waals surface area contributed by atoms with E-state index >= 15 is 0 Å². The SMILES string of the molecule is CC(C)c1ccc(NC(=O)CN(c2cccc(C#N)c2)C(C(=O)OC(C)(C)C)c2cnc[nH]2)cc1. The molecule has 35 heavy (non-hydrogen) atoms. The van der Waals surface area contributed by atoms with Gasteiger partial charge < -0.3 is 19.9 Å². The van der Waals surface area contributed by atoms with Crippen molar-refractivity contribution in [2.24, 2.45) is 0 Å². The molecule has 1 atom stereocenters. The van der Waals surface area contributed by atoms with Crippen LogP contribution in [0.4, 0.5) is 11.4 Å². The summed E-state index contributed by atoms with van der Waals surface area (Å²) in [5, 5.41) is 12.3. The number of amides is 1. The normalized spacial score (nSPS) is 12.0. The molecule has 2 N–H and O–H groups in total. The maximum atomic E-state index is 13.4. The Hall–Kier alpha value is -4.12. The molecule has 0 saturated carbocycles. The molecule has 2 aromatic carbocycles. The predicted octanol–water partition coefficient (Wildman–Crippen LogP) is 4.93. The molecule has 0 bridgehead atoms. The largest absolute Gasteiger partial charge is 0.458 e. The van der Waals surface area contributed by atoms with Crippen LogP contribution in [0.15, 0.2) is 61.1 Å². The van der Waals surface area contributed by atoms with E-state index in [1.165, 1.54) is 18.1 Å². The first-order valence-corrected chi connectivity index (χ1v) is 11.4. The number of anilines is 2. The Kier molecular flexibility index (Phi) is 7.92. The van der Waals surface area contributed by atoms with Gasteiger partial charge in [-0.15, -0.1) is 0 Å². The molecule has 0 fully saturated rings. The summed E-state index contributed by atoms with van der Waals surface area (Å²) in [6.07, 6.45) is 2.99. The molecule has 0 saturated heterocycles. The van der Waals surface area contributed by atoms with E-state index in [2.05, 4.69) is 35.2 Å². The fourth-order valence-electron chi connectivity index (χ4n) is 3.59. The van der Waals surface area contributed by atoms with Gasteiger partial charge >= 0.3 is 5.97 Å². The highest BCUT2D eigenvalue weighted by Crippen LogP contribution is 2.29. The number of hydrogen-bond acceptors (Lipinski definition) is 6. The molecule has 1 heterocycles. The number of aromatic nitrogens is 2. The first-order chi connectivity index (χ1) is 16.6. The van der Waals surface area contributed by atoms with E-state index in [4.69, 9.17) is 4.74 Å². The zero-order valence-electron chi connectivity index (χ0n) is 20.7. The van der Waals surface area contributed by atoms with Gasteiger partial charge in [-0.05, 0) is 62.6 Å². The van der Waals surface area contributed by atoms with Gasteiger partial charge in [-0.2, -0.15) is 5.26 Å². The molecule has 0 aliphatic heterocycles. The zero-order valence-corrected chi connectivity index (χ0v) is 20.7. The number of carbonyl (C=O) groups excluding carboxylic acids is 2. The lowest BCUT2D eigenvalue weighted by molar-refractivity contribution is -0.156. The molecule has 0 radical (unpaired) electrons. The lowest BCUT2D eigenvalue weighted by Gasteiger charge is -2.33. The number of esters is 1. The van der Waals surface area contributed by atoms with Gasteiger partial charge in [0, 0.05) is 11.4 Å². The molecule has 0 aliphatic rings. The van der Waals surface area contributed by atoms with E-state index in [1.807, 2.05) is 24.3 Å². The van der Waals surface area contributed by atoms with Gasteiger partial charge in [0.25, 0.3) is 0 Å². The van der Waals surface area contributed by atoms with E-state index in [1.54, 1.807) is 49.9 Å². The number of nitrogens with one attached hydrogen (secondary N) is 2. The second-order valence-electron chi connectivity index (χ2n) is 9.56. The fourth-order valence-corrected chi connectivity index (χ4v) is 3.59. The van der Waals surface area contributed by atoms with Crippen molar-refractivity contribution in [1.29, 1.82) is 5.26 Å². The first-order valence-electron chi connectivity index (χ1n) is 11.4. The summed E-state index contributed by atoms with van der Waals surface area (Å²) < 4.78 is 5.69. The maximum absolute atomic E-state index is 13.4. The van der Waals surface area contributed by atoms with Crippen LogP contribution in [0.2, 0.25) is 0 Å². The molecule has 182 valence electrons. The van der Waals surface area contributed by atoms with Crippen LogP contribution in [0.3, 0.4) is 0 Å². The highest BCUT2D eigenvalue weighted by Gasteiger charge is 2.34. The number of nitriles is 1. The van der Waals surface area contributed by atoms with Gasteiger partial charge in [0.2, 0.25) is 5.91 Å². The van der Waals surface area contributed by atoms with Crippen LogP contribution in [-0.2, 0) is 14.3 Å². The summed E-state index contributed by atoms with van der Waals surface area (Å²) in [5.74, 6) is -0.484. The predicted molar refractivity (Wildman–Crippen MR) is 135 cm³/mol. The molecular formula is C27H31N5O3. The average molecular weight is 474 g/mol. The Labute approximate surface area is 205 Å². The van der Waals surface area contributed by atoms with Gasteiger partial charge in [0.05, 0.1) is 36.4 Å². The molecule has 0 spiro atoms. The number of carbonyl (C=O) groups is 2. The van der Waals surface area contributed by atoms with Crippen LogP contribution in [0, 0.1) is 11.3 Å². The number of hydrogen-bond donors (Lipinski definition) is 2. The summed E-state index contributed by atoms with van der Waals surface area (Å²) in [6.45, 7) is 9.39. The van der Waals surface area contributed by atoms with Crippen molar-refractivity contribution in [3.8, 4) is 6.07 Å². The van der Waals surface area contributed by atoms with E-state index in [0.717, 1.165) is 0 Å². The lowest BCUT2D eigenvalue weighted by atomic mass is 10.0. The quantitative estimate of drug-likeness (QED) is 0.449. The molecule has 1 unspecified atom stereocenters. The number of aromatic amines is 1. The van der Waals surface area contributed by atoms with Crippen LogP contribution in [0.25, 0.3) is 0 Å². The first kappa shape index (κ1) is 25.5. The lowest BCUT2D eigenvalue weighted by Crippen LogP contribution is -2.42. The van der Waals surface area contributed by atoms with Crippen molar-refractivity contribution >= 4 is 23.3 Å². The molecule has 1 amide bonds. The van der Waals surface area contributed by atoms with Crippen molar-refractivity contribution in [2.45, 2.75) is 52.2 Å². The van der Waals surface area contributed by atoms with Gasteiger partial charge in [0.15, 0.2) is 6.04 Å². The third-order valence-corrected chi connectivity index (χ3v) is 5.24. The number of benzene rings is 2. The van der Waals surface area contributed by atoms with E-state index in [0.29, 0.717) is 28.6 Å². The number of nitrogens with zero attached hydrogens (tertiary/aromatic N) is 3. The second kappa shape index (κ2) is 10.9. The Morgan fingerprint density at radius 1 is 1.17 bits per heavy atom. The minimum Gasteiger partial charge on any atom is -0.458 e. The molecule has 3 aromatic rings. The second-order valence-corrected chi connectivity index (χ2v) is 9.56. The Morgan fingerprint density at radius 2 is 1.89 bits per heavy atom. The van der Waals surface area contributed by atoms with E-state index < -0.39 is 17.6 Å². The zero-order chi connectivity index (χ0) is 25.6. The minimum absolute atomic E-state index is 0.163. The summed E-state index contributed by atoms with van der Waals surface area (Å²) >= 11 is 0. The van der Waals surface area contributed by atoms with Gasteiger partial charge in [-0.25, -0.2) is 9.78 Å². The van der Waals surface area contributed by atoms with E-state index in [-0.39, 0.29) is 12.5 Å². The highest BCUT2D eigenvalue weighted by molar-refractivity contribution is 5.95. The van der Waals surface area contributed by atoms with Crippen LogP contribution >= 0.6 is 0 Å². The van der Waals surface area contributed by atoms with Gasteiger partial charge in [0.1, 0.15) is 5.60 Å². The van der Waals surface area contributed by atoms with Crippen molar-refractivity contribution in [1.82, 2.24) is 9.97 Å². The Morgan fingerprint density at radius 3 is 2.46 bits per heavy atom. The molecule has 0 aliphatic carbocycles.